The average Bonchev–Trinajstić information content (AvgIpc) is 3.43. The van der Waals surface area contributed by atoms with Gasteiger partial charge in [0.1, 0.15) is 17.1 Å². The molecule has 32 heavy (non-hydrogen) atoms. The zero-order valence-electron chi connectivity index (χ0n) is 17.5. The molecule has 1 aliphatic carbocycles. The van der Waals surface area contributed by atoms with E-state index in [-0.39, 0.29) is 11.9 Å². The predicted molar refractivity (Wildman–Crippen MR) is 126 cm³/mol. The molecule has 0 aliphatic heterocycles. The first kappa shape index (κ1) is 20.7. The number of halogens is 2. The van der Waals surface area contributed by atoms with Crippen molar-refractivity contribution >= 4 is 50.4 Å². The highest BCUT2D eigenvalue weighted by Gasteiger charge is 2.24. The minimum Gasteiger partial charge on any atom is -0.497 e. The Bertz CT molecular complexity index is 1250. The predicted octanol–water partition coefficient (Wildman–Crippen LogP) is 6.34. The Kier molecular flexibility index (Phi) is 5.65. The molecule has 2 aromatic carbocycles. The lowest BCUT2D eigenvalue weighted by atomic mass is 10.2. The molecule has 0 saturated heterocycles. The molecule has 0 amide bonds. The van der Waals surface area contributed by atoms with E-state index in [1.807, 2.05) is 24.3 Å². The van der Waals surface area contributed by atoms with Crippen LogP contribution in [0.1, 0.15) is 31.7 Å². The highest BCUT2D eigenvalue weighted by molar-refractivity contribution is 9.10. The lowest BCUT2D eigenvalue weighted by Crippen LogP contribution is -2.10. The maximum Gasteiger partial charge on any atom is 0.229 e. The van der Waals surface area contributed by atoms with Gasteiger partial charge in [0.05, 0.1) is 19.0 Å². The Morgan fingerprint density at radius 1 is 1.06 bits per heavy atom. The van der Waals surface area contributed by atoms with E-state index in [1.165, 1.54) is 6.07 Å². The van der Waals surface area contributed by atoms with Crippen LogP contribution in [0.5, 0.6) is 5.75 Å². The number of hydrogen-bond acceptors (Lipinski definition) is 6. The maximum atomic E-state index is 14.5. The molecule has 0 radical (unpaired) electrons. The summed E-state index contributed by atoms with van der Waals surface area (Å²) in [6.07, 6.45) is 6.07. The standard InChI is InChI=1S/C23H22BrFN6O/c1-32-17-9-7-15(8-10-17)27-22-26-13-20-21(30-22)31(16-4-2-3-5-16)23(29-20)28-19-11-6-14(24)12-18(19)25/h6-13,16H,2-5H2,1H3,(H,28,29)(H,26,27,30). The molecule has 2 aromatic heterocycles. The monoisotopic (exact) mass is 496 g/mol. The fourth-order valence-electron chi connectivity index (χ4n) is 4.06. The molecule has 1 aliphatic rings. The van der Waals surface area contributed by atoms with E-state index in [2.05, 4.69) is 36.1 Å². The van der Waals surface area contributed by atoms with Gasteiger partial charge in [0.25, 0.3) is 0 Å². The van der Waals surface area contributed by atoms with Crippen LogP contribution in [0, 0.1) is 5.82 Å². The molecule has 9 heteroatoms. The van der Waals surface area contributed by atoms with Crippen LogP contribution in [0.3, 0.4) is 0 Å². The van der Waals surface area contributed by atoms with E-state index in [0.717, 1.165) is 42.8 Å². The third kappa shape index (κ3) is 4.12. The molecular weight excluding hydrogens is 475 g/mol. The summed E-state index contributed by atoms with van der Waals surface area (Å²) >= 11 is 3.30. The van der Waals surface area contributed by atoms with Gasteiger partial charge in [-0.05, 0) is 55.3 Å². The summed E-state index contributed by atoms with van der Waals surface area (Å²) in [6.45, 7) is 0. The fourth-order valence-corrected chi connectivity index (χ4v) is 4.40. The van der Waals surface area contributed by atoms with Crippen LogP contribution in [0.25, 0.3) is 11.2 Å². The minimum absolute atomic E-state index is 0.254. The summed E-state index contributed by atoms with van der Waals surface area (Å²) in [5.41, 5.74) is 2.61. The number of ether oxygens (including phenoxy) is 1. The molecule has 0 spiro atoms. The quantitative estimate of drug-likeness (QED) is 0.324. The van der Waals surface area contributed by atoms with Gasteiger partial charge in [-0.3, -0.25) is 4.57 Å². The number of imidazole rings is 1. The van der Waals surface area contributed by atoms with Crippen molar-refractivity contribution in [3.8, 4) is 5.75 Å². The van der Waals surface area contributed by atoms with Crippen molar-refractivity contribution < 1.29 is 9.13 Å². The van der Waals surface area contributed by atoms with Crippen LogP contribution in [-0.2, 0) is 0 Å². The molecule has 1 saturated carbocycles. The lowest BCUT2D eigenvalue weighted by molar-refractivity contribution is 0.415. The second kappa shape index (κ2) is 8.74. The van der Waals surface area contributed by atoms with E-state index in [1.54, 1.807) is 25.4 Å². The second-order valence-electron chi connectivity index (χ2n) is 7.75. The highest BCUT2D eigenvalue weighted by Crippen LogP contribution is 2.36. The van der Waals surface area contributed by atoms with Crippen LogP contribution in [0.4, 0.5) is 27.7 Å². The van der Waals surface area contributed by atoms with Gasteiger partial charge in [0.2, 0.25) is 11.9 Å². The summed E-state index contributed by atoms with van der Waals surface area (Å²) in [7, 11) is 1.63. The number of rotatable bonds is 6. The molecule has 5 rings (SSSR count). The largest absolute Gasteiger partial charge is 0.497 e. The second-order valence-corrected chi connectivity index (χ2v) is 8.66. The number of nitrogens with one attached hydrogen (secondary N) is 2. The van der Waals surface area contributed by atoms with Crippen LogP contribution >= 0.6 is 15.9 Å². The zero-order chi connectivity index (χ0) is 22.1. The van der Waals surface area contributed by atoms with Gasteiger partial charge in [-0.2, -0.15) is 4.98 Å². The molecule has 0 unspecified atom stereocenters. The molecule has 164 valence electrons. The van der Waals surface area contributed by atoms with E-state index >= 15 is 0 Å². The van der Waals surface area contributed by atoms with Crippen LogP contribution in [0.2, 0.25) is 0 Å². The number of fused-ring (bicyclic) bond motifs is 1. The first-order valence-corrected chi connectivity index (χ1v) is 11.3. The molecule has 2 N–H and O–H groups in total. The van der Waals surface area contributed by atoms with Gasteiger partial charge >= 0.3 is 0 Å². The molecule has 4 aromatic rings. The Morgan fingerprint density at radius 2 is 1.84 bits per heavy atom. The molecule has 0 atom stereocenters. The highest BCUT2D eigenvalue weighted by atomic mass is 79.9. The Hall–Kier alpha value is -3.20. The van der Waals surface area contributed by atoms with Crippen LogP contribution < -0.4 is 15.4 Å². The number of methoxy groups -OCH3 is 1. The molecule has 1 fully saturated rings. The molecule has 7 nitrogen and oxygen atoms in total. The van der Waals surface area contributed by atoms with Crippen molar-refractivity contribution in [2.75, 3.05) is 17.7 Å². The lowest BCUT2D eigenvalue weighted by Gasteiger charge is -2.17. The SMILES string of the molecule is COc1ccc(Nc2ncc3nc(Nc4ccc(Br)cc4F)n(C4CCCC4)c3n2)cc1. The van der Waals surface area contributed by atoms with Crippen molar-refractivity contribution in [3.63, 3.8) is 0 Å². The summed E-state index contributed by atoms with van der Waals surface area (Å²) in [6, 6.07) is 12.7. The number of nitrogens with zero attached hydrogens (tertiary/aromatic N) is 4. The topological polar surface area (TPSA) is 76.9 Å². The van der Waals surface area contributed by atoms with E-state index in [9.17, 15) is 4.39 Å². The third-order valence-corrected chi connectivity index (χ3v) is 6.14. The molecule has 0 bridgehead atoms. The van der Waals surface area contributed by atoms with Gasteiger partial charge < -0.3 is 15.4 Å². The smallest absolute Gasteiger partial charge is 0.229 e. The number of benzene rings is 2. The van der Waals surface area contributed by atoms with Crippen molar-refractivity contribution in [1.82, 2.24) is 19.5 Å². The van der Waals surface area contributed by atoms with Gasteiger partial charge in [0, 0.05) is 16.2 Å². The maximum absolute atomic E-state index is 14.5. The van der Waals surface area contributed by atoms with Crippen LogP contribution in [0.15, 0.2) is 53.1 Å². The average molecular weight is 497 g/mol. The first-order valence-electron chi connectivity index (χ1n) is 10.5. The Balaban J connectivity index is 1.52. The summed E-state index contributed by atoms with van der Waals surface area (Å²) in [4.78, 5) is 13.9. The van der Waals surface area contributed by atoms with Gasteiger partial charge in [-0.1, -0.05) is 28.8 Å². The number of anilines is 4. The zero-order valence-corrected chi connectivity index (χ0v) is 19.1. The normalized spacial score (nSPS) is 14.1. The summed E-state index contributed by atoms with van der Waals surface area (Å²) < 4.78 is 22.5. The number of hydrogen-bond donors (Lipinski definition) is 2. The molecule has 2 heterocycles. The number of aromatic nitrogens is 4. The van der Waals surface area contributed by atoms with Crippen molar-refractivity contribution in [1.29, 1.82) is 0 Å². The van der Waals surface area contributed by atoms with E-state index in [4.69, 9.17) is 14.7 Å². The van der Waals surface area contributed by atoms with Gasteiger partial charge in [0.15, 0.2) is 5.65 Å². The van der Waals surface area contributed by atoms with Crippen molar-refractivity contribution in [3.05, 3.63) is 59.0 Å². The molecular formula is C23H22BrFN6O. The fraction of sp³-hybridized carbons (Fsp3) is 0.261. The Morgan fingerprint density at radius 3 is 2.56 bits per heavy atom. The summed E-state index contributed by atoms with van der Waals surface area (Å²) in [5.74, 6) is 1.48. The van der Waals surface area contributed by atoms with E-state index in [0.29, 0.717) is 27.6 Å². The summed E-state index contributed by atoms with van der Waals surface area (Å²) in [5, 5.41) is 6.41. The van der Waals surface area contributed by atoms with Crippen molar-refractivity contribution in [2.24, 2.45) is 0 Å². The van der Waals surface area contributed by atoms with Gasteiger partial charge in [-0.25, -0.2) is 14.4 Å². The van der Waals surface area contributed by atoms with Crippen molar-refractivity contribution in [2.45, 2.75) is 31.7 Å². The van der Waals surface area contributed by atoms with Crippen LogP contribution in [-0.4, -0.2) is 26.6 Å². The third-order valence-electron chi connectivity index (χ3n) is 5.65. The van der Waals surface area contributed by atoms with Gasteiger partial charge in [-0.15, -0.1) is 0 Å². The van der Waals surface area contributed by atoms with E-state index < -0.39 is 0 Å². The first-order chi connectivity index (χ1) is 15.6. The minimum atomic E-state index is -0.350. The Labute approximate surface area is 193 Å².